The number of carboxylic acids is 1. The smallest absolute Gasteiger partial charge is 0.309 e. The SMILES string of the molecule is CC(=O)OC1CCC2(C)C3=CCC4(C)C5CC(C)(C(=O)O)CCC5(C)CCC4(C)C3=CCC2C1(C)C. The molecule has 0 aliphatic heterocycles. The van der Waals surface area contributed by atoms with Gasteiger partial charge in [-0.2, -0.15) is 0 Å². The third kappa shape index (κ3) is 3.24. The predicted molar refractivity (Wildman–Crippen MR) is 142 cm³/mol. The minimum absolute atomic E-state index is 0.0283. The molecular formula is C32H48O4. The molecule has 5 rings (SSSR count). The van der Waals surface area contributed by atoms with Crippen LogP contribution in [0.3, 0.4) is 0 Å². The fourth-order valence-corrected chi connectivity index (χ4v) is 10.2. The van der Waals surface area contributed by atoms with Gasteiger partial charge in [-0.3, -0.25) is 9.59 Å². The first kappa shape index (κ1) is 26.0. The fourth-order valence-electron chi connectivity index (χ4n) is 10.2. The summed E-state index contributed by atoms with van der Waals surface area (Å²) in [4.78, 5) is 24.2. The van der Waals surface area contributed by atoms with Crippen LogP contribution < -0.4 is 0 Å². The van der Waals surface area contributed by atoms with Crippen LogP contribution in [0.25, 0.3) is 0 Å². The van der Waals surface area contributed by atoms with Crippen LogP contribution >= 0.6 is 0 Å². The van der Waals surface area contributed by atoms with Gasteiger partial charge in [-0.15, -0.1) is 0 Å². The maximum atomic E-state index is 12.3. The van der Waals surface area contributed by atoms with Crippen LogP contribution in [0, 0.1) is 44.3 Å². The number of carboxylic acid groups (broad SMARTS) is 1. The Bertz CT molecular complexity index is 1050. The summed E-state index contributed by atoms with van der Waals surface area (Å²) in [5.41, 5.74) is 2.82. The molecule has 0 aromatic carbocycles. The summed E-state index contributed by atoms with van der Waals surface area (Å²) in [6.07, 6.45) is 14.1. The first-order valence-electron chi connectivity index (χ1n) is 14.4. The highest BCUT2D eigenvalue weighted by atomic mass is 16.5. The molecule has 0 saturated heterocycles. The molecule has 0 aromatic heterocycles. The van der Waals surface area contributed by atoms with E-state index in [4.69, 9.17) is 4.74 Å². The monoisotopic (exact) mass is 496 g/mol. The van der Waals surface area contributed by atoms with E-state index in [0.29, 0.717) is 11.8 Å². The third-order valence-corrected chi connectivity index (χ3v) is 13.0. The van der Waals surface area contributed by atoms with Gasteiger partial charge in [-0.25, -0.2) is 0 Å². The fraction of sp³-hybridized carbons (Fsp3) is 0.812. The van der Waals surface area contributed by atoms with Crippen LogP contribution in [-0.4, -0.2) is 23.1 Å². The molecule has 4 heteroatoms. The summed E-state index contributed by atoms with van der Waals surface area (Å²) in [6, 6.07) is 0. The predicted octanol–water partition coefficient (Wildman–Crippen LogP) is 7.72. The number of allylic oxidation sites excluding steroid dienone is 4. The number of esters is 1. The van der Waals surface area contributed by atoms with Gasteiger partial charge in [0.15, 0.2) is 0 Å². The van der Waals surface area contributed by atoms with E-state index in [0.717, 1.165) is 44.9 Å². The molecule has 4 nitrogen and oxygen atoms in total. The molecule has 0 spiro atoms. The molecule has 8 atom stereocenters. The minimum atomic E-state index is -0.619. The zero-order chi connectivity index (χ0) is 26.5. The van der Waals surface area contributed by atoms with E-state index in [9.17, 15) is 14.7 Å². The average Bonchev–Trinajstić information content (AvgIpc) is 2.78. The van der Waals surface area contributed by atoms with Crippen molar-refractivity contribution in [2.45, 2.75) is 119 Å². The molecule has 5 aliphatic carbocycles. The highest BCUT2D eigenvalue weighted by molar-refractivity contribution is 5.74. The van der Waals surface area contributed by atoms with E-state index in [1.807, 2.05) is 6.92 Å². The second kappa shape index (κ2) is 7.73. The topological polar surface area (TPSA) is 63.6 Å². The number of carbonyl (C=O) groups excluding carboxylic acids is 1. The van der Waals surface area contributed by atoms with Gasteiger partial charge in [-0.05, 0) is 109 Å². The summed E-state index contributed by atoms with van der Waals surface area (Å²) < 4.78 is 5.84. The van der Waals surface area contributed by atoms with Crippen molar-refractivity contribution in [1.82, 2.24) is 0 Å². The molecule has 1 N–H and O–H groups in total. The van der Waals surface area contributed by atoms with Crippen molar-refractivity contribution in [3.8, 4) is 0 Å². The molecule has 0 aromatic rings. The lowest BCUT2D eigenvalue weighted by Gasteiger charge is -2.68. The van der Waals surface area contributed by atoms with Gasteiger partial charge in [0.05, 0.1) is 5.41 Å². The van der Waals surface area contributed by atoms with Gasteiger partial charge in [0, 0.05) is 12.3 Å². The number of hydrogen-bond acceptors (Lipinski definition) is 3. The van der Waals surface area contributed by atoms with E-state index in [-0.39, 0.29) is 39.1 Å². The van der Waals surface area contributed by atoms with Crippen molar-refractivity contribution in [3.05, 3.63) is 23.3 Å². The van der Waals surface area contributed by atoms with Crippen LogP contribution in [-0.2, 0) is 14.3 Å². The van der Waals surface area contributed by atoms with Crippen LogP contribution in [0.1, 0.15) is 113 Å². The third-order valence-electron chi connectivity index (χ3n) is 13.0. The van der Waals surface area contributed by atoms with E-state index >= 15 is 0 Å². The number of carbonyl (C=O) groups is 2. The van der Waals surface area contributed by atoms with Crippen molar-refractivity contribution in [2.24, 2.45) is 44.3 Å². The Morgan fingerprint density at radius 3 is 2.19 bits per heavy atom. The number of aliphatic carboxylic acids is 1. The Kier molecular flexibility index (Phi) is 5.59. The zero-order valence-electron chi connectivity index (χ0n) is 23.9. The first-order valence-corrected chi connectivity index (χ1v) is 14.4. The molecule has 0 bridgehead atoms. The van der Waals surface area contributed by atoms with Crippen molar-refractivity contribution in [2.75, 3.05) is 0 Å². The molecular weight excluding hydrogens is 448 g/mol. The minimum Gasteiger partial charge on any atom is -0.481 e. The highest BCUT2D eigenvalue weighted by Gasteiger charge is 2.66. The average molecular weight is 497 g/mol. The van der Waals surface area contributed by atoms with Crippen molar-refractivity contribution >= 4 is 11.9 Å². The van der Waals surface area contributed by atoms with Crippen LogP contribution in [0.15, 0.2) is 23.3 Å². The quantitative estimate of drug-likeness (QED) is 0.397. The second-order valence-corrected chi connectivity index (χ2v) is 15.1. The van der Waals surface area contributed by atoms with E-state index in [2.05, 4.69) is 53.7 Å². The van der Waals surface area contributed by atoms with Gasteiger partial charge in [0.1, 0.15) is 6.10 Å². The van der Waals surface area contributed by atoms with E-state index in [1.165, 1.54) is 19.8 Å². The number of ether oxygens (including phenoxy) is 1. The summed E-state index contributed by atoms with van der Waals surface area (Å²) in [6.45, 7) is 18.1. The molecule has 5 aliphatic rings. The molecule has 0 heterocycles. The summed E-state index contributed by atoms with van der Waals surface area (Å²) in [7, 11) is 0. The van der Waals surface area contributed by atoms with Gasteiger partial charge < -0.3 is 9.84 Å². The Hall–Kier alpha value is -1.58. The standard InChI is InChI=1S/C32H48O4/c1-20(33)36-25-12-13-30(6)21-11-14-32(8)24-19-29(5,26(34)35)16-15-28(24,4)17-18-31(32,7)22(21)9-10-23(30)27(25,2)3/h9,11,23-25H,10,12-19H2,1-8H3,(H,34,35). The van der Waals surface area contributed by atoms with Gasteiger partial charge >= 0.3 is 11.9 Å². The molecule has 36 heavy (non-hydrogen) atoms. The molecule has 8 unspecified atom stereocenters. The largest absolute Gasteiger partial charge is 0.481 e. The second-order valence-electron chi connectivity index (χ2n) is 15.1. The van der Waals surface area contributed by atoms with E-state index in [1.54, 1.807) is 11.1 Å². The maximum absolute atomic E-state index is 12.3. The van der Waals surface area contributed by atoms with Crippen LogP contribution in [0.4, 0.5) is 0 Å². The van der Waals surface area contributed by atoms with Gasteiger partial charge in [0.2, 0.25) is 0 Å². The normalized spacial score (nSPS) is 49.3. The van der Waals surface area contributed by atoms with Crippen LogP contribution in [0.2, 0.25) is 0 Å². The highest BCUT2D eigenvalue weighted by Crippen LogP contribution is 2.74. The molecule has 3 fully saturated rings. The Morgan fingerprint density at radius 1 is 0.889 bits per heavy atom. The van der Waals surface area contributed by atoms with Crippen molar-refractivity contribution in [1.29, 1.82) is 0 Å². The first-order chi connectivity index (χ1) is 16.5. The lowest BCUT2D eigenvalue weighted by Crippen LogP contribution is -2.61. The summed E-state index contributed by atoms with van der Waals surface area (Å²) in [5.74, 6) is 0.0466. The lowest BCUT2D eigenvalue weighted by atomic mass is 9.35. The molecule has 3 saturated carbocycles. The van der Waals surface area contributed by atoms with Crippen LogP contribution in [0.5, 0.6) is 0 Å². The molecule has 0 radical (unpaired) electrons. The summed E-state index contributed by atoms with van der Waals surface area (Å²) in [5, 5.41) is 10.1. The Labute approximate surface area is 218 Å². The summed E-state index contributed by atoms with van der Waals surface area (Å²) >= 11 is 0. The molecule has 200 valence electrons. The maximum Gasteiger partial charge on any atom is 0.309 e. The number of hydrogen-bond donors (Lipinski definition) is 1. The Morgan fingerprint density at radius 2 is 1.56 bits per heavy atom. The van der Waals surface area contributed by atoms with E-state index < -0.39 is 11.4 Å². The zero-order valence-corrected chi connectivity index (χ0v) is 23.9. The number of fused-ring (bicyclic) bond motifs is 7. The van der Waals surface area contributed by atoms with Crippen molar-refractivity contribution < 1.29 is 19.4 Å². The molecule has 0 amide bonds. The van der Waals surface area contributed by atoms with Crippen molar-refractivity contribution in [3.63, 3.8) is 0 Å². The van der Waals surface area contributed by atoms with Gasteiger partial charge in [0.25, 0.3) is 0 Å². The van der Waals surface area contributed by atoms with Gasteiger partial charge in [-0.1, -0.05) is 53.7 Å². The Balaban J connectivity index is 1.55. The lowest BCUT2D eigenvalue weighted by molar-refractivity contribution is -0.173. The number of rotatable bonds is 2.